The average Bonchev–Trinajstić information content (AvgIpc) is 2.79. The SMILES string of the molecule is Cc1cc(C(=O)O)c(N2C(=O)CC(C)(C(C)C)C2=O)s1. The number of aromatic carboxylic acids is 1. The Balaban J connectivity index is 2.52. The summed E-state index contributed by atoms with van der Waals surface area (Å²) in [5, 5.41) is 9.44. The van der Waals surface area contributed by atoms with Crippen LogP contribution < -0.4 is 4.90 Å². The Morgan fingerprint density at radius 2 is 2.05 bits per heavy atom. The molecular formula is C14H17NO4S. The summed E-state index contributed by atoms with van der Waals surface area (Å²) in [5.41, 5.74) is -0.743. The van der Waals surface area contributed by atoms with Gasteiger partial charge in [0.2, 0.25) is 11.8 Å². The van der Waals surface area contributed by atoms with E-state index >= 15 is 0 Å². The molecule has 0 radical (unpaired) electrons. The molecule has 0 saturated carbocycles. The molecule has 6 heteroatoms. The zero-order chi connectivity index (χ0) is 15.2. The van der Waals surface area contributed by atoms with Crippen LogP contribution in [0.15, 0.2) is 6.07 Å². The van der Waals surface area contributed by atoms with Gasteiger partial charge >= 0.3 is 5.97 Å². The average molecular weight is 295 g/mol. The largest absolute Gasteiger partial charge is 0.478 e. The van der Waals surface area contributed by atoms with Crippen LogP contribution in [0, 0.1) is 18.3 Å². The standard InChI is InChI=1S/C14H17NO4S/c1-7(2)14(4)6-10(16)15(13(14)19)11-9(12(17)18)5-8(3)20-11/h5,7H,6H2,1-4H3,(H,17,18). The van der Waals surface area contributed by atoms with Crippen LogP contribution in [0.3, 0.4) is 0 Å². The summed E-state index contributed by atoms with van der Waals surface area (Å²) < 4.78 is 0. The number of thiophene rings is 1. The van der Waals surface area contributed by atoms with Gasteiger partial charge in [-0.05, 0) is 25.8 Å². The van der Waals surface area contributed by atoms with Crippen molar-refractivity contribution in [3.05, 3.63) is 16.5 Å². The zero-order valence-corrected chi connectivity index (χ0v) is 12.7. The molecule has 2 amide bonds. The molecule has 0 aliphatic carbocycles. The fourth-order valence-electron chi connectivity index (χ4n) is 2.32. The lowest BCUT2D eigenvalue weighted by molar-refractivity contribution is -0.126. The third-order valence-electron chi connectivity index (χ3n) is 4.00. The van der Waals surface area contributed by atoms with E-state index in [1.54, 1.807) is 13.8 Å². The van der Waals surface area contributed by atoms with E-state index in [0.29, 0.717) is 0 Å². The van der Waals surface area contributed by atoms with E-state index in [9.17, 15) is 19.5 Å². The predicted molar refractivity (Wildman–Crippen MR) is 76.1 cm³/mol. The van der Waals surface area contributed by atoms with Crippen LogP contribution in [-0.2, 0) is 9.59 Å². The van der Waals surface area contributed by atoms with Crippen LogP contribution in [-0.4, -0.2) is 22.9 Å². The lowest BCUT2D eigenvalue weighted by atomic mass is 9.78. The van der Waals surface area contributed by atoms with Crippen molar-refractivity contribution in [3.8, 4) is 0 Å². The van der Waals surface area contributed by atoms with E-state index in [2.05, 4.69) is 0 Å². The fraction of sp³-hybridized carbons (Fsp3) is 0.500. The highest BCUT2D eigenvalue weighted by Crippen LogP contribution is 2.44. The van der Waals surface area contributed by atoms with Gasteiger partial charge in [0, 0.05) is 11.3 Å². The first-order valence-electron chi connectivity index (χ1n) is 6.39. The molecule has 2 heterocycles. The van der Waals surface area contributed by atoms with Crippen molar-refractivity contribution in [2.45, 2.75) is 34.1 Å². The number of nitrogens with zero attached hydrogens (tertiary/aromatic N) is 1. The molecule has 1 saturated heterocycles. The number of hydrogen-bond acceptors (Lipinski definition) is 4. The van der Waals surface area contributed by atoms with Gasteiger partial charge in [-0.3, -0.25) is 9.59 Å². The van der Waals surface area contributed by atoms with Gasteiger partial charge in [0.05, 0.1) is 11.0 Å². The van der Waals surface area contributed by atoms with Crippen molar-refractivity contribution in [2.75, 3.05) is 4.90 Å². The van der Waals surface area contributed by atoms with Crippen LogP contribution in [0.1, 0.15) is 42.4 Å². The first kappa shape index (κ1) is 14.7. The summed E-state index contributed by atoms with van der Waals surface area (Å²) in [6.45, 7) is 7.31. The number of carbonyl (C=O) groups is 3. The molecule has 1 atom stereocenters. The van der Waals surface area contributed by atoms with Crippen LogP contribution in [0.2, 0.25) is 0 Å². The number of anilines is 1. The number of amides is 2. The number of aryl methyl sites for hydroxylation is 1. The van der Waals surface area contributed by atoms with E-state index in [1.807, 2.05) is 13.8 Å². The lowest BCUT2D eigenvalue weighted by Crippen LogP contribution is -2.37. The molecule has 2 rings (SSSR count). The molecule has 1 aromatic rings. The monoisotopic (exact) mass is 295 g/mol. The number of rotatable bonds is 3. The zero-order valence-electron chi connectivity index (χ0n) is 11.9. The van der Waals surface area contributed by atoms with Gasteiger partial charge in [-0.25, -0.2) is 9.69 Å². The van der Waals surface area contributed by atoms with Gasteiger partial charge in [0.1, 0.15) is 5.00 Å². The summed E-state index contributed by atoms with van der Waals surface area (Å²) in [7, 11) is 0. The van der Waals surface area contributed by atoms with E-state index < -0.39 is 11.4 Å². The molecule has 108 valence electrons. The Hall–Kier alpha value is -1.69. The molecule has 20 heavy (non-hydrogen) atoms. The molecular weight excluding hydrogens is 278 g/mol. The quantitative estimate of drug-likeness (QED) is 0.870. The topological polar surface area (TPSA) is 74.7 Å². The number of carboxylic acids is 1. The maximum atomic E-state index is 12.6. The highest BCUT2D eigenvalue weighted by molar-refractivity contribution is 7.17. The van der Waals surface area contributed by atoms with Crippen molar-refractivity contribution in [1.82, 2.24) is 0 Å². The highest BCUT2D eigenvalue weighted by Gasteiger charge is 2.51. The van der Waals surface area contributed by atoms with Crippen molar-refractivity contribution < 1.29 is 19.5 Å². The number of imide groups is 1. The van der Waals surface area contributed by atoms with E-state index in [1.165, 1.54) is 6.07 Å². The second-order valence-corrected chi connectivity index (χ2v) is 6.90. The molecule has 0 aromatic carbocycles. The highest BCUT2D eigenvalue weighted by atomic mass is 32.1. The van der Waals surface area contributed by atoms with Crippen molar-refractivity contribution in [2.24, 2.45) is 11.3 Å². The summed E-state index contributed by atoms with van der Waals surface area (Å²) in [6.07, 6.45) is 0.125. The van der Waals surface area contributed by atoms with Crippen LogP contribution >= 0.6 is 11.3 Å². The molecule has 0 spiro atoms. The Morgan fingerprint density at radius 1 is 1.45 bits per heavy atom. The minimum atomic E-state index is -1.12. The minimum absolute atomic E-state index is 0.0123. The molecule has 1 fully saturated rings. The summed E-state index contributed by atoms with van der Waals surface area (Å²) >= 11 is 1.16. The summed E-state index contributed by atoms with van der Waals surface area (Å²) in [6, 6.07) is 1.49. The van der Waals surface area contributed by atoms with E-state index in [4.69, 9.17) is 0 Å². The third kappa shape index (κ3) is 2.04. The van der Waals surface area contributed by atoms with E-state index in [-0.39, 0.29) is 34.7 Å². The van der Waals surface area contributed by atoms with Gasteiger partial charge in [0.15, 0.2) is 0 Å². The first-order valence-corrected chi connectivity index (χ1v) is 7.21. The van der Waals surface area contributed by atoms with Gasteiger partial charge in [0.25, 0.3) is 0 Å². The summed E-state index contributed by atoms with van der Waals surface area (Å²) in [4.78, 5) is 37.9. The maximum Gasteiger partial charge on any atom is 0.338 e. The molecule has 1 N–H and O–H groups in total. The Labute approximate surface area is 121 Å². The predicted octanol–water partition coefficient (Wildman–Crippen LogP) is 2.68. The molecule has 1 aromatic heterocycles. The molecule has 5 nitrogen and oxygen atoms in total. The molecule has 1 aliphatic rings. The van der Waals surface area contributed by atoms with Crippen molar-refractivity contribution >= 4 is 34.1 Å². The summed E-state index contributed by atoms with van der Waals surface area (Å²) in [5.74, 6) is -1.74. The molecule has 1 unspecified atom stereocenters. The smallest absolute Gasteiger partial charge is 0.338 e. The Bertz CT molecular complexity index is 604. The van der Waals surface area contributed by atoms with Crippen LogP contribution in [0.5, 0.6) is 0 Å². The van der Waals surface area contributed by atoms with Crippen LogP contribution in [0.4, 0.5) is 5.00 Å². The van der Waals surface area contributed by atoms with Crippen molar-refractivity contribution in [3.63, 3.8) is 0 Å². The van der Waals surface area contributed by atoms with Crippen LogP contribution in [0.25, 0.3) is 0 Å². The van der Waals surface area contributed by atoms with E-state index in [0.717, 1.165) is 21.1 Å². The van der Waals surface area contributed by atoms with Gasteiger partial charge in [-0.15, -0.1) is 11.3 Å². The van der Waals surface area contributed by atoms with Gasteiger partial charge in [-0.2, -0.15) is 0 Å². The molecule has 0 bridgehead atoms. The number of hydrogen-bond donors (Lipinski definition) is 1. The van der Waals surface area contributed by atoms with Gasteiger partial charge < -0.3 is 5.11 Å². The normalized spacial score (nSPS) is 22.9. The second-order valence-electron chi connectivity index (χ2n) is 5.66. The lowest BCUT2D eigenvalue weighted by Gasteiger charge is -2.25. The maximum absolute atomic E-state index is 12.6. The van der Waals surface area contributed by atoms with Gasteiger partial charge in [-0.1, -0.05) is 13.8 Å². The minimum Gasteiger partial charge on any atom is -0.478 e. The third-order valence-corrected chi connectivity index (χ3v) is 5.04. The second kappa shape index (κ2) is 4.70. The Morgan fingerprint density at radius 3 is 2.50 bits per heavy atom. The van der Waals surface area contributed by atoms with Crippen molar-refractivity contribution in [1.29, 1.82) is 0 Å². The number of carbonyl (C=O) groups excluding carboxylic acids is 2. The number of carboxylic acid groups (broad SMARTS) is 1. The molecule has 1 aliphatic heterocycles. The first-order chi connectivity index (χ1) is 9.18. The fourth-order valence-corrected chi connectivity index (χ4v) is 3.33. The Kier molecular flexibility index (Phi) is 3.46.